The highest BCUT2D eigenvalue weighted by Crippen LogP contribution is 2.27. The van der Waals surface area contributed by atoms with Crippen molar-refractivity contribution in [3.05, 3.63) is 75.3 Å². The smallest absolute Gasteiger partial charge is 0.269 e. The number of carbonyl (C=O) groups is 3. The van der Waals surface area contributed by atoms with Gasteiger partial charge in [-0.2, -0.15) is 0 Å². The van der Waals surface area contributed by atoms with Gasteiger partial charge < -0.3 is 11.1 Å². The molecular formula is C21H24N4O6. The Morgan fingerprint density at radius 2 is 1.52 bits per heavy atom. The number of hydroxylamine groups is 1. The highest BCUT2D eigenvalue weighted by Gasteiger charge is 2.33. The van der Waals surface area contributed by atoms with E-state index in [1.807, 2.05) is 0 Å². The molecule has 2 atom stereocenters. The summed E-state index contributed by atoms with van der Waals surface area (Å²) in [5.74, 6) is -2.27. The molecule has 2 rings (SSSR count). The lowest BCUT2D eigenvalue weighted by Gasteiger charge is -2.29. The first-order valence-electron chi connectivity index (χ1n) is 9.34. The lowest BCUT2D eigenvalue weighted by atomic mass is 9.87. The summed E-state index contributed by atoms with van der Waals surface area (Å²) in [4.78, 5) is 47.0. The Hall–Kier alpha value is -3.63. The summed E-state index contributed by atoms with van der Waals surface area (Å²) in [6.45, 7) is 4.46. The molecule has 0 aliphatic heterocycles. The fraction of sp³-hybridized carbons (Fsp3) is 0.286. The van der Waals surface area contributed by atoms with Crippen molar-refractivity contribution in [2.45, 2.75) is 38.3 Å². The predicted octanol–water partition coefficient (Wildman–Crippen LogP) is 1.66. The van der Waals surface area contributed by atoms with Crippen molar-refractivity contribution in [1.29, 1.82) is 0 Å². The number of carbonyl (C=O) groups excluding carboxylic acids is 3. The summed E-state index contributed by atoms with van der Waals surface area (Å²) in [5, 5.41) is 22.2. The van der Waals surface area contributed by atoms with E-state index in [2.05, 4.69) is 5.32 Å². The van der Waals surface area contributed by atoms with Gasteiger partial charge in [0.1, 0.15) is 11.8 Å². The number of nitrogens with one attached hydrogen (secondary N) is 2. The van der Waals surface area contributed by atoms with Crippen LogP contribution in [0, 0.1) is 10.1 Å². The predicted molar refractivity (Wildman–Crippen MR) is 112 cm³/mol. The summed E-state index contributed by atoms with van der Waals surface area (Å²) >= 11 is 0. The van der Waals surface area contributed by atoms with E-state index in [1.54, 1.807) is 12.1 Å². The minimum Gasteiger partial charge on any atom is -0.338 e. The third kappa shape index (κ3) is 5.71. The van der Waals surface area contributed by atoms with Crippen LogP contribution in [0.2, 0.25) is 0 Å². The Kier molecular flexibility index (Phi) is 7.21. The van der Waals surface area contributed by atoms with Crippen molar-refractivity contribution in [1.82, 2.24) is 10.8 Å². The third-order valence-corrected chi connectivity index (χ3v) is 4.74. The van der Waals surface area contributed by atoms with E-state index < -0.39 is 34.2 Å². The summed E-state index contributed by atoms with van der Waals surface area (Å²) in [7, 11) is 0. The summed E-state index contributed by atoms with van der Waals surface area (Å²) in [6.07, 6.45) is 0. The lowest BCUT2D eigenvalue weighted by molar-refractivity contribution is -0.384. The van der Waals surface area contributed by atoms with Crippen molar-refractivity contribution < 1.29 is 24.5 Å². The molecule has 0 heterocycles. The molecule has 0 aliphatic rings. The van der Waals surface area contributed by atoms with Crippen molar-refractivity contribution in [3.8, 4) is 0 Å². The molecule has 2 aromatic rings. The molecule has 10 nitrogen and oxygen atoms in total. The molecule has 0 aliphatic carbocycles. The SMILES string of the molecule is CC(=O)C(c1ccc(C(=O)NC(C(=O)NO)C(C)(C)N)cc1)c1ccc([N+](=O)[O-])cc1. The average Bonchev–Trinajstić information content (AvgIpc) is 2.71. The van der Waals surface area contributed by atoms with Crippen molar-refractivity contribution in [2.75, 3.05) is 0 Å². The summed E-state index contributed by atoms with van der Waals surface area (Å²) in [5.41, 5.74) is 7.57. The van der Waals surface area contributed by atoms with Gasteiger partial charge in [0, 0.05) is 23.2 Å². The standard InChI is InChI=1S/C21H24N4O6/c1-12(26)17(14-8-10-16(11-9-14)25(30)31)13-4-6-15(7-5-13)19(27)23-18(20(28)24-29)21(2,3)22/h4-11,17-18,29H,22H2,1-3H3,(H,23,27)(H,24,28). The molecular weight excluding hydrogens is 404 g/mol. The van der Waals surface area contributed by atoms with Gasteiger partial charge >= 0.3 is 0 Å². The Balaban J connectivity index is 2.27. The monoisotopic (exact) mass is 428 g/mol. The largest absolute Gasteiger partial charge is 0.338 e. The van der Waals surface area contributed by atoms with Gasteiger partial charge in [-0.05, 0) is 44.0 Å². The first-order chi connectivity index (χ1) is 14.5. The number of nitrogens with two attached hydrogens (primary N) is 1. The molecule has 5 N–H and O–H groups in total. The van der Waals surface area contributed by atoms with Crippen LogP contribution in [0.5, 0.6) is 0 Å². The van der Waals surface area contributed by atoms with Gasteiger partial charge in [-0.1, -0.05) is 24.3 Å². The van der Waals surface area contributed by atoms with Crippen molar-refractivity contribution >= 4 is 23.3 Å². The number of hydrogen-bond acceptors (Lipinski definition) is 7. The zero-order valence-corrected chi connectivity index (χ0v) is 17.3. The van der Waals surface area contributed by atoms with Gasteiger partial charge in [-0.15, -0.1) is 0 Å². The van der Waals surface area contributed by atoms with E-state index in [0.29, 0.717) is 11.1 Å². The molecule has 31 heavy (non-hydrogen) atoms. The van der Waals surface area contributed by atoms with Gasteiger partial charge in [-0.25, -0.2) is 5.48 Å². The number of ketones is 1. The number of nitro groups is 1. The molecule has 0 spiro atoms. The summed E-state index contributed by atoms with van der Waals surface area (Å²) in [6, 6.07) is 10.7. The average molecular weight is 428 g/mol. The van der Waals surface area contributed by atoms with Crippen LogP contribution in [0.25, 0.3) is 0 Å². The molecule has 164 valence electrons. The fourth-order valence-electron chi connectivity index (χ4n) is 3.15. The molecule has 0 radical (unpaired) electrons. The first-order valence-corrected chi connectivity index (χ1v) is 9.34. The van der Waals surface area contributed by atoms with Crippen LogP contribution in [0.4, 0.5) is 5.69 Å². The molecule has 0 saturated carbocycles. The Labute approximate surface area is 178 Å². The van der Waals surface area contributed by atoms with Crippen LogP contribution in [0.1, 0.15) is 48.2 Å². The molecule has 2 aromatic carbocycles. The third-order valence-electron chi connectivity index (χ3n) is 4.74. The molecule has 0 bridgehead atoms. The van der Waals surface area contributed by atoms with Crippen LogP contribution in [0.15, 0.2) is 48.5 Å². The minimum atomic E-state index is -1.19. The number of amides is 2. The number of hydrogen-bond donors (Lipinski definition) is 4. The molecule has 0 aromatic heterocycles. The van der Waals surface area contributed by atoms with E-state index in [0.717, 1.165) is 0 Å². The first kappa shape index (κ1) is 23.6. The second-order valence-electron chi connectivity index (χ2n) is 7.72. The topological polar surface area (TPSA) is 165 Å². The number of benzene rings is 2. The minimum absolute atomic E-state index is 0.0811. The maximum Gasteiger partial charge on any atom is 0.269 e. The van der Waals surface area contributed by atoms with Gasteiger partial charge in [-0.3, -0.25) is 29.7 Å². The highest BCUT2D eigenvalue weighted by molar-refractivity contribution is 5.98. The Morgan fingerprint density at radius 3 is 1.90 bits per heavy atom. The van der Waals surface area contributed by atoms with E-state index in [1.165, 1.54) is 62.6 Å². The number of rotatable bonds is 8. The van der Waals surface area contributed by atoms with E-state index in [-0.39, 0.29) is 17.0 Å². The number of nitrogens with zero attached hydrogens (tertiary/aromatic N) is 1. The normalized spacial score (nSPS) is 13.1. The van der Waals surface area contributed by atoms with Gasteiger partial charge in [0.05, 0.1) is 10.8 Å². The van der Waals surface area contributed by atoms with Gasteiger partial charge in [0.2, 0.25) is 0 Å². The summed E-state index contributed by atoms with van der Waals surface area (Å²) < 4.78 is 0. The van der Waals surface area contributed by atoms with Crippen LogP contribution >= 0.6 is 0 Å². The van der Waals surface area contributed by atoms with E-state index in [4.69, 9.17) is 10.9 Å². The number of Topliss-reactive ketones (excluding diaryl/α,β-unsaturated/α-hetero) is 1. The molecule has 2 unspecified atom stereocenters. The number of non-ortho nitro benzene ring substituents is 1. The van der Waals surface area contributed by atoms with Crippen molar-refractivity contribution in [3.63, 3.8) is 0 Å². The lowest BCUT2D eigenvalue weighted by Crippen LogP contribution is -2.61. The molecule has 2 amide bonds. The maximum absolute atomic E-state index is 12.5. The van der Waals surface area contributed by atoms with Gasteiger partial charge in [0.25, 0.3) is 17.5 Å². The number of nitro benzene ring substituents is 1. The Morgan fingerprint density at radius 1 is 1.03 bits per heavy atom. The second-order valence-corrected chi connectivity index (χ2v) is 7.72. The van der Waals surface area contributed by atoms with E-state index >= 15 is 0 Å². The molecule has 0 fully saturated rings. The molecule has 10 heteroatoms. The van der Waals surface area contributed by atoms with Crippen LogP contribution in [-0.2, 0) is 9.59 Å². The van der Waals surface area contributed by atoms with Crippen LogP contribution in [0.3, 0.4) is 0 Å². The second kappa shape index (κ2) is 9.45. The zero-order chi connectivity index (χ0) is 23.3. The fourth-order valence-corrected chi connectivity index (χ4v) is 3.15. The van der Waals surface area contributed by atoms with Crippen LogP contribution < -0.4 is 16.5 Å². The highest BCUT2D eigenvalue weighted by atomic mass is 16.6. The Bertz CT molecular complexity index is 980. The quantitative estimate of drug-likeness (QED) is 0.282. The van der Waals surface area contributed by atoms with Crippen LogP contribution in [-0.4, -0.2) is 39.3 Å². The van der Waals surface area contributed by atoms with Gasteiger partial charge in [0.15, 0.2) is 0 Å². The van der Waals surface area contributed by atoms with Crippen molar-refractivity contribution in [2.24, 2.45) is 5.73 Å². The zero-order valence-electron chi connectivity index (χ0n) is 17.3. The maximum atomic E-state index is 12.5. The van der Waals surface area contributed by atoms with E-state index in [9.17, 15) is 24.5 Å². The molecule has 0 saturated heterocycles.